The van der Waals surface area contributed by atoms with Crippen molar-refractivity contribution >= 4 is 31.2 Å². The molecule has 5 fully saturated rings. The highest BCUT2D eigenvalue weighted by molar-refractivity contribution is 7.92. The summed E-state index contributed by atoms with van der Waals surface area (Å²) >= 11 is 0. The maximum atomic E-state index is 14.1. The number of carbonyl (C=O) groups excluding carboxylic acids is 2. The highest BCUT2D eigenvalue weighted by Gasteiger charge is 2.64. The molecular formula is C32H36O6S2. The van der Waals surface area contributed by atoms with Gasteiger partial charge in [-0.2, -0.15) is 0 Å². The van der Waals surface area contributed by atoms with Gasteiger partial charge in [0.2, 0.25) is 0 Å². The summed E-state index contributed by atoms with van der Waals surface area (Å²) in [5.74, 6) is -0.0858. The Kier molecular flexibility index (Phi) is 6.39. The molecule has 7 rings (SSSR count). The van der Waals surface area contributed by atoms with Crippen LogP contribution < -0.4 is 0 Å². The first kappa shape index (κ1) is 26.6. The van der Waals surface area contributed by atoms with E-state index in [9.17, 15) is 26.4 Å². The second kappa shape index (κ2) is 9.62. The molecule has 0 N–H and O–H groups in total. The van der Waals surface area contributed by atoms with Crippen LogP contribution in [0.25, 0.3) is 0 Å². The van der Waals surface area contributed by atoms with Gasteiger partial charge in [0, 0.05) is 23.7 Å². The lowest BCUT2D eigenvalue weighted by Crippen LogP contribution is -2.39. The van der Waals surface area contributed by atoms with Crippen molar-refractivity contribution in [3.63, 3.8) is 0 Å². The zero-order valence-corrected chi connectivity index (χ0v) is 24.1. The number of Topliss-reactive ketones (excluding diaryl/α,β-unsaturated/α-hetero) is 2. The van der Waals surface area contributed by atoms with E-state index in [4.69, 9.17) is 0 Å². The molecule has 10 unspecified atom stereocenters. The van der Waals surface area contributed by atoms with Gasteiger partial charge in [0.1, 0.15) is 11.6 Å². The van der Waals surface area contributed by atoms with Gasteiger partial charge in [0.25, 0.3) is 0 Å². The Hall–Kier alpha value is -2.32. The largest absolute Gasteiger partial charge is 0.299 e. The summed E-state index contributed by atoms with van der Waals surface area (Å²) in [5.41, 5.74) is 0. The number of carbonyl (C=O) groups is 2. The lowest BCUT2D eigenvalue weighted by molar-refractivity contribution is -0.129. The fraction of sp³-hybridized carbons (Fsp3) is 0.562. The molecule has 0 aromatic heterocycles. The van der Waals surface area contributed by atoms with Crippen LogP contribution in [0.4, 0.5) is 0 Å². The Morgan fingerprint density at radius 3 is 1.52 bits per heavy atom. The third-order valence-electron chi connectivity index (χ3n) is 11.4. The number of benzene rings is 2. The monoisotopic (exact) mass is 580 g/mol. The van der Waals surface area contributed by atoms with Crippen molar-refractivity contribution in [3.8, 4) is 0 Å². The summed E-state index contributed by atoms with van der Waals surface area (Å²) in [6.45, 7) is 0. The molecule has 212 valence electrons. The van der Waals surface area contributed by atoms with E-state index in [-0.39, 0.29) is 58.9 Å². The van der Waals surface area contributed by atoms with Crippen LogP contribution in [-0.4, -0.2) is 38.9 Å². The average Bonchev–Trinajstić information content (AvgIpc) is 3.44. The van der Waals surface area contributed by atoms with Crippen molar-refractivity contribution in [2.45, 2.75) is 71.7 Å². The van der Waals surface area contributed by atoms with Crippen molar-refractivity contribution < 1.29 is 26.4 Å². The van der Waals surface area contributed by atoms with Crippen molar-refractivity contribution in [3.05, 3.63) is 60.7 Å². The number of sulfone groups is 2. The molecule has 0 heterocycles. The van der Waals surface area contributed by atoms with Crippen LogP contribution in [0.5, 0.6) is 0 Å². The lowest BCUT2D eigenvalue weighted by atomic mass is 9.63. The van der Waals surface area contributed by atoms with E-state index in [0.29, 0.717) is 41.9 Å². The summed E-state index contributed by atoms with van der Waals surface area (Å²) in [5, 5.41) is -1.12. The van der Waals surface area contributed by atoms with Gasteiger partial charge < -0.3 is 0 Å². The molecule has 0 spiro atoms. The van der Waals surface area contributed by atoms with Crippen molar-refractivity contribution in [1.29, 1.82) is 0 Å². The first-order chi connectivity index (χ1) is 19.2. The van der Waals surface area contributed by atoms with Gasteiger partial charge >= 0.3 is 0 Å². The van der Waals surface area contributed by atoms with E-state index in [1.54, 1.807) is 60.7 Å². The molecule has 8 heteroatoms. The molecule has 2 aromatic rings. The molecule has 2 aromatic carbocycles. The van der Waals surface area contributed by atoms with Gasteiger partial charge in [-0.1, -0.05) is 36.4 Å². The minimum atomic E-state index is -3.52. The lowest BCUT2D eigenvalue weighted by Gasteiger charge is -2.41. The van der Waals surface area contributed by atoms with Crippen LogP contribution >= 0.6 is 0 Å². The predicted molar refractivity (Wildman–Crippen MR) is 150 cm³/mol. The molecule has 0 bridgehead atoms. The predicted octanol–water partition coefficient (Wildman–Crippen LogP) is 4.93. The number of rotatable bonds is 4. The highest BCUT2D eigenvalue weighted by Crippen LogP contribution is 2.63. The molecule has 0 amide bonds. The molecule has 5 aliphatic carbocycles. The summed E-state index contributed by atoms with van der Waals surface area (Å²) in [4.78, 5) is 28.5. The van der Waals surface area contributed by atoms with Gasteiger partial charge in [-0.25, -0.2) is 16.8 Å². The number of ketones is 2. The summed E-state index contributed by atoms with van der Waals surface area (Å²) < 4.78 is 53.6. The van der Waals surface area contributed by atoms with E-state index in [1.807, 2.05) is 0 Å². The number of fused-ring (bicyclic) bond motifs is 7. The summed E-state index contributed by atoms with van der Waals surface area (Å²) in [7, 11) is -7.03. The number of hydrogen-bond donors (Lipinski definition) is 0. The SMILES string of the molecule is O=C1C2CC(S(=O)(=O)c3ccccc3)CCC2C2C1CCC1C3CCC(S(=O)(=O)c4ccccc4)CC3C(=O)C12. The van der Waals surface area contributed by atoms with Crippen LogP contribution in [0.1, 0.15) is 51.4 Å². The van der Waals surface area contributed by atoms with E-state index >= 15 is 0 Å². The Labute approximate surface area is 236 Å². The zero-order chi connectivity index (χ0) is 27.8. The van der Waals surface area contributed by atoms with Gasteiger partial charge in [0.15, 0.2) is 19.7 Å². The normalized spacial score (nSPS) is 39.2. The minimum Gasteiger partial charge on any atom is -0.299 e. The van der Waals surface area contributed by atoms with Crippen molar-refractivity contribution in [2.24, 2.45) is 47.3 Å². The molecule has 0 aliphatic heterocycles. The Morgan fingerprint density at radius 2 is 0.975 bits per heavy atom. The maximum Gasteiger partial charge on any atom is 0.181 e. The molecular weight excluding hydrogens is 544 g/mol. The molecule has 5 aliphatic rings. The molecule has 40 heavy (non-hydrogen) atoms. The first-order valence-corrected chi connectivity index (χ1v) is 17.9. The highest BCUT2D eigenvalue weighted by atomic mass is 32.2. The molecule has 6 nitrogen and oxygen atoms in total. The smallest absolute Gasteiger partial charge is 0.181 e. The van der Waals surface area contributed by atoms with Gasteiger partial charge in [-0.05, 0) is 99.3 Å². The van der Waals surface area contributed by atoms with Gasteiger partial charge in [0.05, 0.1) is 20.3 Å². The van der Waals surface area contributed by atoms with E-state index < -0.39 is 30.2 Å². The maximum absolute atomic E-state index is 14.1. The molecule has 0 radical (unpaired) electrons. The fourth-order valence-corrected chi connectivity index (χ4v) is 13.3. The zero-order valence-electron chi connectivity index (χ0n) is 22.5. The van der Waals surface area contributed by atoms with Crippen molar-refractivity contribution in [2.75, 3.05) is 0 Å². The Balaban J connectivity index is 1.13. The molecule has 10 atom stereocenters. The van der Waals surface area contributed by atoms with Crippen LogP contribution in [0.15, 0.2) is 70.5 Å². The quantitative estimate of drug-likeness (QED) is 0.508. The van der Waals surface area contributed by atoms with E-state index in [1.165, 1.54) is 0 Å². The third-order valence-corrected chi connectivity index (χ3v) is 15.8. The number of hydrogen-bond acceptors (Lipinski definition) is 6. The van der Waals surface area contributed by atoms with Gasteiger partial charge in [-0.3, -0.25) is 9.59 Å². The summed E-state index contributed by atoms with van der Waals surface area (Å²) in [6.07, 6.45) is 4.84. The third kappa shape index (κ3) is 3.92. The second-order valence-corrected chi connectivity index (χ2v) is 17.3. The first-order valence-electron chi connectivity index (χ1n) is 14.8. The minimum absolute atomic E-state index is 0.0149. The van der Waals surface area contributed by atoms with Gasteiger partial charge in [-0.15, -0.1) is 0 Å². The molecule has 0 saturated heterocycles. The fourth-order valence-electron chi connectivity index (χ4n) is 9.69. The van der Waals surface area contributed by atoms with E-state index in [2.05, 4.69) is 0 Å². The second-order valence-electron chi connectivity index (χ2n) is 12.9. The Bertz CT molecular complexity index is 1530. The molecule has 5 saturated carbocycles. The standard InChI is InChI=1S/C32H36O6S2/c33-31-26-16-15-24-23-13-11-21(39(35,36)19-7-3-1-4-8-19)17-27(23)32(34)30(24)29(26)25-14-12-22(18-28(25)31)40(37,38)20-9-5-2-6-10-20/h1-10,21-30H,11-18H2. The van der Waals surface area contributed by atoms with E-state index in [0.717, 1.165) is 19.3 Å². The summed E-state index contributed by atoms with van der Waals surface area (Å²) in [6, 6.07) is 17.1. The van der Waals surface area contributed by atoms with Crippen LogP contribution in [-0.2, 0) is 29.3 Å². The van der Waals surface area contributed by atoms with Crippen molar-refractivity contribution in [1.82, 2.24) is 0 Å². The van der Waals surface area contributed by atoms with Crippen LogP contribution in [0.3, 0.4) is 0 Å². The topological polar surface area (TPSA) is 102 Å². The average molecular weight is 581 g/mol. The van der Waals surface area contributed by atoms with Crippen LogP contribution in [0.2, 0.25) is 0 Å². The Morgan fingerprint density at radius 1 is 0.500 bits per heavy atom. The van der Waals surface area contributed by atoms with Crippen LogP contribution in [0, 0.1) is 47.3 Å².